The van der Waals surface area contributed by atoms with Crippen molar-refractivity contribution in [3.05, 3.63) is 29.3 Å². The molecule has 0 aliphatic carbocycles. The second-order valence-electron chi connectivity index (χ2n) is 3.91. The molecule has 0 radical (unpaired) electrons. The van der Waals surface area contributed by atoms with Crippen molar-refractivity contribution in [2.45, 2.75) is 6.92 Å². The van der Waals surface area contributed by atoms with E-state index in [0.29, 0.717) is 11.3 Å². The number of hydrogen-bond donors (Lipinski definition) is 1. The molecule has 4 nitrogen and oxygen atoms in total. The zero-order chi connectivity index (χ0) is 13.0. The molecule has 0 saturated heterocycles. The number of anilines is 1. The first kappa shape index (κ1) is 13.5. The van der Waals surface area contributed by atoms with E-state index in [1.54, 1.807) is 32.3 Å². The zero-order valence-electron chi connectivity index (χ0n) is 10.1. The van der Waals surface area contributed by atoms with Crippen molar-refractivity contribution in [3.63, 3.8) is 0 Å². The van der Waals surface area contributed by atoms with Crippen LogP contribution >= 0.6 is 11.6 Å². The molecule has 1 rings (SSSR count). The summed E-state index contributed by atoms with van der Waals surface area (Å²) in [6.07, 6.45) is 0. The molecule has 0 spiro atoms. The van der Waals surface area contributed by atoms with Crippen molar-refractivity contribution in [2.24, 2.45) is 0 Å². The molecule has 1 aromatic carbocycles. The number of nitrogens with one attached hydrogen (secondary N) is 1. The predicted molar refractivity (Wildman–Crippen MR) is 68.5 cm³/mol. The van der Waals surface area contributed by atoms with Gasteiger partial charge in [-0.25, -0.2) is 0 Å². The number of carbonyl (C=O) groups excluding carboxylic acids is 2. The van der Waals surface area contributed by atoms with E-state index < -0.39 is 0 Å². The van der Waals surface area contributed by atoms with Crippen LogP contribution in [-0.2, 0) is 4.79 Å². The summed E-state index contributed by atoms with van der Waals surface area (Å²) in [5, 5.41) is 2.63. The van der Waals surface area contributed by atoms with E-state index in [4.69, 9.17) is 11.6 Å². The van der Waals surface area contributed by atoms with Crippen molar-refractivity contribution >= 4 is 29.1 Å². The fraction of sp³-hybridized carbons (Fsp3) is 0.333. The normalized spacial score (nSPS) is 9.88. The van der Waals surface area contributed by atoms with E-state index in [0.717, 1.165) is 5.56 Å². The Balaban J connectivity index is 2.94. The smallest absolute Gasteiger partial charge is 0.253 e. The summed E-state index contributed by atoms with van der Waals surface area (Å²) >= 11 is 5.39. The topological polar surface area (TPSA) is 49.4 Å². The molecule has 1 aromatic rings. The first-order chi connectivity index (χ1) is 7.95. The molecule has 92 valence electrons. The van der Waals surface area contributed by atoms with Crippen LogP contribution < -0.4 is 5.32 Å². The van der Waals surface area contributed by atoms with E-state index in [1.807, 2.05) is 6.92 Å². The minimum absolute atomic E-state index is 0.0577. The van der Waals surface area contributed by atoms with E-state index in [-0.39, 0.29) is 17.7 Å². The van der Waals surface area contributed by atoms with Gasteiger partial charge in [0.05, 0.1) is 0 Å². The largest absolute Gasteiger partial charge is 0.345 e. The molecule has 2 amide bonds. The molecule has 0 aliphatic rings. The summed E-state index contributed by atoms with van der Waals surface area (Å²) < 4.78 is 0. The van der Waals surface area contributed by atoms with Crippen LogP contribution in [0.3, 0.4) is 0 Å². The molecule has 0 fully saturated rings. The van der Waals surface area contributed by atoms with Gasteiger partial charge in [0.25, 0.3) is 5.91 Å². The summed E-state index contributed by atoms with van der Waals surface area (Å²) in [5.74, 6) is -0.410. The molecule has 5 heteroatoms. The Labute approximate surface area is 106 Å². The van der Waals surface area contributed by atoms with E-state index in [2.05, 4.69) is 5.32 Å². The van der Waals surface area contributed by atoms with Gasteiger partial charge >= 0.3 is 0 Å². The third-order valence-corrected chi connectivity index (χ3v) is 2.51. The van der Waals surface area contributed by atoms with Crippen LogP contribution in [0.1, 0.15) is 15.9 Å². The van der Waals surface area contributed by atoms with Crippen LogP contribution in [0, 0.1) is 6.92 Å². The minimum Gasteiger partial charge on any atom is -0.345 e. The number of halogens is 1. The van der Waals surface area contributed by atoms with Gasteiger partial charge in [-0.05, 0) is 30.7 Å². The van der Waals surface area contributed by atoms with Crippen molar-refractivity contribution in [3.8, 4) is 0 Å². The third-order valence-electron chi connectivity index (χ3n) is 2.27. The fourth-order valence-corrected chi connectivity index (χ4v) is 1.48. The lowest BCUT2D eigenvalue weighted by Gasteiger charge is -2.13. The summed E-state index contributed by atoms with van der Waals surface area (Å²) in [5.41, 5.74) is 2.08. The standard InChI is InChI=1S/C12H15ClN2O2/c1-8-6-9(14-11(16)7-13)4-5-10(8)12(17)15(2)3/h4-6H,7H2,1-3H3,(H,14,16). The number of amides is 2. The maximum Gasteiger partial charge on any atom is 0.253 e. The van der Waals surface area contributed by atoms with Gasteiger partial charge in [0.2, 0.25) is 5.91 Å². The van der Waals surface area contributed by atoms with Crippen LogP contribution in [0.5, 0.6) is 0 Å². The summed E-state index contributed by atoms with van der Waals surface area (Å²) in [7, 11) is 3.40. The van der Waals surface area contributed by atoms with Crippen LogP contribution in [0.15, 0.2) is 18.2 Å². The van der Waals surface area contributed by atoms with Gasteiger partial charge in [-0.2, -0.15) is 0 Å². The van der Waals surface area contributed by atoms with Gasteiger partial charge in [0, 0.05) is 25.3 Å². The Bertz CT molecular complexity index is 444. The van der Waals surface area contributed by atoms with Crippen LogP contribution in [-0.4, -0.2) is 36.7 Å². The Morgan fingerprint density at radius 1 is 1.35 bits per heavy atom. The van der Waals surface area contributed by atoms with Gasteiger partial charge in [-0.1, -0.05) is 0 Å². The van der Waals surface area contributed by atoms with Crippen LogP contribution in [0.4, 0.5) is 5.69 Å². The molecule has 0 aliphatic heterocycles. The number of nitrogens with zero attached hydrogens (tertiary/aromatic N) is 1. The number of hydrogen-bond acceptors (Lipinski definition) is 2. The molecular formula is C12H15ClN2O2. The number of carbonyl (C=O) groups is 2. The van der Waals surface area contributed by atoms with Gasteiger partial charge in [0.15, 0.2) is 0 Å². The third kappa shape index (κ3) is 3.46. The summed E-state index contributed by atoms with van der Waals surface area (Å²) in [6.45, 7) is 1.83. The molecule has 0 unspecified atom stereocenters. The molecule has 0 heterocycles. The molecule has 17 heavy (non-hydrogen) atoms. The molecule has 0 atom stereocenters. The van der Waals surface area contributed by atoms with E-state index in [1.165, 1.54) is 4.90 Å². The highest BCUT2D eigenvalue weighted by Crippen LogP contribution is 2.16. The van der Waals surface area contributed by atoms with Gasteiger partial charge in [-0.3, -0.25) is 9.59 Å². The quantitative estimate of drug-likeness (QED) is 0.838. The number of alkyl halides is 1. The average molecular weight is 255 g/mol. The minimum atomic E-state index is -0.266. The lowest BCUT2D eigenvalue weighted by molar-refractivity contribution is -0.113. The Hall–Kier alpha value is -1.55. The maximum absolute atomic E-state index is 11.8. The second kappa shape index (κ2) is 5.68. The first-order valence-electron chi connectivity index (χ1n) is 5.14. The van der Waals surface area contributed by atoms with E-state index in [9.17, 15) is 9.59 Å². The molecule has 1 N–H and O–H groups in total. The van der Waals surface area contributed by atoms with Crippen LogP contribution in [0.25, 0.3) is 0 Å². The highest BCUT2D eigenvalue weighted by atomic mass is 35.5. The van der Waals surface area contributed by atoms with Crippen molar-refractivity contribution in [1.29, 1.82) is 0 Å². The Morgan fingerprint density at radius 3 is 2.47 bits per heavy atom. The molecule has 0 aromatic heterocycles. The monoisotopic (exact) mass is 254 g/mol. The van der Waals surface area contributed by atoms with Gasteiger partial charge in [-0.15, -0.1) is 11.6 Å². The van der Waals surface area contributed by atoms with Crippen molar-refractivity contribution in [2.75, 3.05) is 25.3 Å². The SMILES string of the molecule is Cc1cc(NC(=O)CCl)ccc1C(=O)N(C)C. The lowest BCUT2D eigenvalue weighted by atomic mass is 10.1. The van der Waals surface area contributed by atoms with Crippen molar-refractivity contribution < 1.29 is 9.59 Å². The summed E-state index contributed by atoms with van der Waals surface area (Å²) in [6, 6.07) is 5.14. The number of benzene rings is 1. The Kier molecular flexibility index (Phi) is 4.52. The highest BCUT2D eigenvalue weighted by Gasteiger charge is 2.11. The van der Waals surface area contributed by atoms with Gasteiger partial charge < -0.3 is 10.2 Å². The molecular weight excluding hydrogens is 240 g/mol. The predicted octanol–water partition coefficient (Wildman–Crippen LogP) is 1.87. The average Bonchev–Trinajstić information content (AvgIpc) is 2.28. The maximum atomic E-state index is 11.8. The number of rotatable bonds is 3. The second-order valence-corrected chi connectivity index (χ2v) is 4.18. The highest BCUT2D eigenvalue weighted by molar-refractivity contribution is 6.29. The number of aryl methyl sites for hydroxylation is 1. The van der Waals surface area contributed by atoms with E-state index >= 15 is 0 Å². The summed E-state index contributed by atoms with van der Waals surface area (Å²) in [4.78, 5) is 24.4. The molecule has 0 saturated carbocycles. The Morgan fingerprint density at radius 2 is 2.00 bits per heavy atom. The van der Waals surface area contributed by atoms with Gasteiger partial charge in [0.1, 0.15) is 5.88 Å². The molecule has 0 bridgehead atoms. The van der Waals surface area contributed by atoms with Crippen molar-refractivity contribution in [1.82, 2.24) is 4.90 Å². The zero-order valence-corrected chi connectivity index (χ0v) is 10.8. The fourth-order valence-electron chi connectivity index (χ4n) is 1.42. The van der Waals surface area contributed by atoms with Crippen LogP contribution in [0.2, 0.25) is 0 Å². The lowest BCUT2D eigenvalue weighted by Crippen LogP contribution is -2.22. The first-order valence-corrected chi connectivity index (χ1v) is 5.67.